The van der Waals surface area contributed by atoms with Crippen molar-refractivity contribution in [3.63, 3.8) is 0 Å². The van der Waals surface area contributed by atoms with Crippen LogP contribution in [0.5, 0.6) is 0 Å². The van der Waals surface area contributed by atoms with Crippen molar-refractivity contribution in [3.8, 4) is 0 Å². The Morgan fingerprint density at radius 2 is 2.08 bits per heavy atom. The van der Waals surface area contributed by atoms with E-state index in [9.17, 15) is 14.7 Å². The van der Waals surface area contributed by atoms with Crippen molar-refractivity contribution >= 4 is 17.5 Å². The number of likely N-dealkylation sites (N-methyl/N-ethyl adjacent to an activating group) is 1. The summed E-state index contributed by atoms with van der Waals surface area (Å²) in [5, 5.41) is 18.1. The molecule has 1 aromatic rings. The number of aliphatic hydroxyl groups excluding tert-OH is 1. The molecule has 1 saturated heterocycles. The van der Waals surface area contributed by atoms with Crippen LogP contribution in [0.4, 0.5) is 5.69 Å². The summed E-state index contributed by atoms with van der Waals surface area (Å²) >= 11 is 0. The van der Waals surface area contributed by atoms with Crippen LogP contribution in [0.2, 0.25) is 0 Å². The van der Waals surface area contributed by atoms with Gasteiger partial charge in [0.25, 0.3) is 5.91 Å². The van der Waals surface area contributed by atoms with Crippen LogP contribution in [0, 0.1) is 0 Å². The van der Waals surface area contributed by atoms with Crippen LogP contribution in [-0.4, -0.2) is 66.7 Å². The summed E-state index contributed by atoms with van der Waals surface area (Å²) in [4.78, 5) is 26.7. The number of carbonyl (C=O) groups excluding carboxylic acids is 2. The van der Waals surface area contributed by atoms with Gasteiger partial charge in [0.1, 0.15) is 0 Å². The smallest absolute Gasteiger partial charge is 0.251 e. The van der Waals surface area contributed by atoms with Gasteiger partial charge in [-0.2, -0.15) is 0 Å². The highest BCUT2D eigenvalue weighted by atomic mass is 16.3. The number of aliphatic hydroxyl groups is 1. The monoisotopic (exact) mass is 348 g/mol. The lowest BCUT2D eigenvalue weighted by molar-refractivity contribution is -0.117. The fourth-order valence-corrected chi connectivity index (χ4v) is 2.85. The Kier molecular flexibility index (Phi) is 7.36. The van der Waals surface area contributed by atoms with E-state index in [2.05, 4.69) is 34.7 Å². The second-order valence-corrected chi connectivity index (χ2v) is 6.20. The largest absolute Gasteiger partial charge is 0.392 e. The van der Waals surface area contributed by atoms with Crippen molar-refractivity contribution in [1.29, 1.82) is 0 Å². The lowest BCUT2D eigenvalue weighted by Gasteiger charge is -2.18. The zero-order valence-corrected chi connectivity index (χ0v) is 14.9. The third kappa shape index (κ3) is 5.81. The summed E-state index contributed by atoms with van der Waals surface area (Å²) in [5.41, 5.74) is 1.08. The van der Waals surface area contributed by atoms with Crippen LogP contribution < -0.4 is 16.0 Å². The predicted octanol–water partition coefficient (Wildman–Crippen LogP) is 0.420. The van der Waals surface area contributed by atoms with Crippen molar-refractivity contribution in [2.45, 2.75) is 32.4 Å². The zero-order chi connectivity index (χ0) is 18.2. The lowest BCUT2D eigenvalue weighted by atomic mass is 10.1. The molecule has 2 amide bonds. The van der Waals surface area contributed by atoms with Crippen LogP contribution in [0.25, 0.3) is 0 Å². The average molecular weight is 348 g/mol. The fraction of sp³-hybridized carbons (Fsp3) is 0.556. The predicted molar refractivity (Wildman–Crippen MR) is 97.6 cm³/mol. The van der Waals surface area contributed by atoms with Crippen molar-refractivity contribution in [2.24, 2.45) is 0 Å². The molecule has 7 nitrogen and oxygen atoms in total. The summed E-state index contributed by atoms with van der Waals surface area (Å²) in [7, 11) is 0. The van der Waals surface area contributed by atoms with Crippen LogP contribution in [-0.2, 0) is 4.79 Å². The second kappa shape index (κ2) is 9.50. The van der Waals surface area contributed by atoms with Gasteiger partial charge in [0, 0.05) is 30.9 Å². The maximum atomic E-state index is 12.3. The first-order valence-corrected chi connectivity index (χ1v) is 8.86. The van der Waals surface area contributed by atoms with Crippen molar-refractivity contribution in [1.82, 2.24) is 15.5 Å². The van der Waals surface area contributed by atoms with Gasteiger partial charge in [0.2, 0.25) is 5.91 Å². The molecule has 2 unspecified atom stereocenters. The zero-order valence-electron chi connectivity index (χ0n) is 14.9. The summed E-state index contributed by atoms with van der Waals surface area (Å²) < 4.78 is 0. The van der Waals surface area contributed by atoms with E-state index in [-0.39, 0.29) is 11.8 Å². The van der Waals surface area contributed by atoms with Crippen LogP contribution in [0.1, 0.15) is 30.6 Å². The number of benzene rings is 1. The van der Waals surface area contributed by atoms with Gasteiger partial charge < -0.3 is 26.0 Å². The molecular formula is C18H28N4O3. The van der Waals surface area contributed by atoms with E-state index in [4.69, 9.17) is 0 Å². The van der Waals surface area contributed by atoms with E-state index in [1.165, 1.54) is 0 Å². The minimum absolute atomic E-state index is 0.155. The number of carbonyl (C=O) groups is 2. The Hall–Kier alpha value is -1.96. The van der Waals surface area contributed by atoms with Gasteiger partial charge in [-0.25, -0.2) is 0 Å². The molecule has 1 aromatic carbocycles. The van der Waals surface area contributed by atoms with Crippen LogP contribution >= 0.6 is 0 Å². The number of anilines is 1. The molecule has 138 valence electrons. The molecule has 4 N–H and O–H groups in total. The number of nitrogens with zero attached hydrogens (tertiary/aromatic N) is 1. The van der Waals surface area contributed by atoms with Crippen molar-refractivity contribution in [2.75, 3.05) is 38.0 Å². The number of hydrogen-bond donors (Lipinski definition) is 4. The van der Waals surface area contributed by atoms with Gasteiger partial charge in [0.15, 0.2) is 0 Å². The van der Waals surface area contributed by atoms with Gasteiger partial charge in [-0.05, 0) is 37.7 Å². The molecular weight excluding hydrogens is 320 g/mol. The van der Waals surface area contributed by atoms with E-state index in [0.717, 1.165) is 19.6 Å². The number of rotatable bonds is 8. The number of hydrogen-bond acceptors (Lipinski definition) is 5. The molecule has 0 radical (unpaired) electrons. The number of nitrogens with one attached hydrogen (secondary N) is 3. The lowest BCUT2D eigenvalue weighted by Crippen LogP contribution is -2.36. The van der Waals surface area contributed by atoms with E-state index < -0.39 is 12.1 Å². The molecule has 0 bridgehead atoms. The molecule has 0 aliphatic carbocycles. The third-order valence-corrected chi connectivity index (χ3v) is 4.42. The highest BCUT2D eigenvalue weighted by Gasteiger charge is 2.28. The molecule has 0 aromatic heterocycles. The normalized spacial score (nSPS) is 19.8. The minimum Gasteiger partial charge on any atom is -0.392 e. The van der Waals surface area contributed by atoms with Crippen molar-refractivity contribution < 1.29 is 14.7 Å². The molecule has 25 heavy (non-hydrogen) atoms. The van der Waals surface area contributed by atoms with Crippen LogP contribution in [0.15, 0.2) is 24.3 Å². The Labute approximate surface area is 148 Å². The molecule has 1 heterocycles. The summed E-state index contributed by atoms with van der Waals surface area (Å²) in [6.07, 6.45) is -0.0872. The van der Waals surface area contributed by atoms with E-state index in [1.807, 2.05) is 0 Å². The standard InChI is InChI=1S/C18H28N4O3/c1-3-22(4-2)9-8-19-17(24)13-6-5-7-14(10-13)21-18(25)16-11-15(23)12-20-16/h5-7,10,15-16,20,23H,3-4,8-9,11-12H2,1-2H3,(H,19,24)(H,21,25). The Morgan fingerprint density at radius 1 is 1.32 bits per heavy atom. The van der Waals surface area contributed by atoms with E-state index >= 15 is 0 Å². The molecule has 1 aliphatic rings. The van der Waals surface area contributed by atoms with Gasteiger partial charge in [0.05, 0.1) is 12.1 Å². The van der Waals surface area contributed by atoms with Gasteiger partial charge in [-0.3, -0.25) is 9.59 Å². The first-order valence-electron chi connectivity index (χ1n) is 8.86. The first-order chi connectivity index (χ1) is 12.0. The van der Waals surface area contributed by atoms with Crippen LogP contribution in [0.3, 0.4) is 0 Å². The Morgan fingerprint density at radius 3 is 2.72 bits per heavy atom. The average Bonchev–Trinajstić information content (AvgIpc) is 3.05. The van der Waals surface area contributed by atoms with Gasteiger partial charge in [-0.1, -0.05) is 19.9 Å². The number of β-amino-alcohol motifs (C(OH)–C–C–N with tert-alkyl or cyclic N) is 1. The first kappa shape index (κ1) is 19.4. The summed E-state index contributed by atoms with van der Waals surface area (Å²) in [6, 6.07) is 6.47. The van der Waals surface area contributed by atoms with E-state index in [1.54, 1.807) is 24.3 Å². The maximum Gasteiger partial charge on any atom is 0.251 e. The third-order valence-electron chi connectivity index (χ3n) is 4.42. The van der Waals surface area contributed by atoms with E-state index in [0.29, 0.717) is 30.8 Å². The molecule has 7 heteroatoms. The molecule has 1 fully saturated rings. The van der Waals surface area contributed by atoms with Gasteiger partial charge >= 0.3 is 0 Å². The topological polar surface area (TPSA) is 93.7 Å². The highest BCUT2D eigenvalue weighted by Crippen LogP contribution is 2.13. The minimum atomic E-state index is -0.487. The molecule has 2 atom stereocenters. The molecule has 0 spiro atoms. The second-order valence-electron chi connectivity index (χ2n) is 6.20. The molecule has 0 saturated carbocycles. The van der Waals surface area contributed by atoms with Gasteiger partial charge in [-0.15, -0.1) is 0 Å². The Balaban J connectivity index is 1.87. The highest BCUT2D eigenvalue weighted by molar-refractivity contribution is 5.98. The summed E-state index contributed by atoms with van der Waals surface area (Å²) in [6.45, 7) is 7.92. The fourth-order valence-electron chi connectivity index (χ4n) is 2.85. The van der Waals surface area contributed by atoms with Crippen molar-refractivity contribution in [3.05, 3.63) is 29.8 Å². The molecule has 1 aliphatic heterocycles. The molecule has 2 rings (SSSR count). The SMILES string of the molecule is CCN(CC)CCNC(=O)c1cccc(NC(=O)C2CC(O)CN2)c1. The maximum absolute atomic E-state index is 12.3. The quantitative estimate of drug-likeness (QED) is 0.546. The Bertz CT molecular complexity index is 589. The number of amides is 2. The summed E-state index contributed by atoms with van der Waals surface area (Å²) in [5.74, 6) is -0.353.